The minimum Gasteiger partial charge on any atom is -0.497 e. The lowest BCUT2D eigenvalue weighted by Crippen LogP contribution is -2.53. The van der Waals surface area contributed by atoms with Crippen LogP contribution in [0, 0.1) is 23.2 Å². The van der Waals surface area contributed by atoms with E-state index in [0.717, 1.165) is 5.32 Å². The van der Waals surface area contributed by atoms with E-state index < -0.39 is 90.7 Å². The van der Waals surface area contributed by atoms with Crippen LogP contribution < -0.4 is 26.0 Å². The van der Waals surface area contributed by atoms with Crippen LogP contribution in [-0.2, 0) is 30.4 Å². The molecule has 3 rings (SSSR count). The molecule has 0 aliphatic rings. The van der Waals surface area contributed by atoms with Crippen molar-refractivity contribution in [3.63, 3.8) is 0 Å². The third kappa shape index (κ3) is 12.7. The first-order valence-electron chi connectivity index (χ1n) is 16.6. The van der Waals surface area contributed by atoms with E-state index in [9.17, 15) is 56.0 Å². The van der Waals surface area contributed by atoms with Crippen LogP contribution in [0.1, 0.15) is 53.5 Å². The molecule has 0 saturated carbocycles. The Balaban J connectivity index is 1.93. The number of rotatable bonds is 18. The van der Waals surface area contributed by atoms with Gasteiger partial charge in [0.15, 0.2) is 5.78 Å². The fourth-order valence-electron chi connectivity index (χ4n) is 5.20. The van der Waals surface area contributed by atoms with Crippen molar-refractivity contribution in [1.29, 1.82) is 5.26 Å². The van der Waals surface area contributed by atoms with Crippen molar-refractivity contribution in [3.05, 3.63) is 95.3 Å². The average Bonchev–Trinajstić information content (AvgIpc) is 3.16. The van der Waals surface area contributed by atoms with Gasteiger partial charge in [0.2, 0.25) is 17.6 Å². The van der Waals surface area contributed by atoms with Crippen molar-refractivity contribution in [2.24, 2.45) is 11.8 Å². The summed E-state index contributed by atoms with van der Waals surface area (Å²) in [7, 11) is 1.36. The van der Waals surface area contributed by atoms with Gasteiger partial charge in [-0.25, -0.2) is 0 Å². The number of benzene rings is 2. The molecule has 0 unspecified atom stereocenters. The van der Waals surface area contributed by atoms with Gasteiger partial charge in [-0.1, -0.05) is 44.2 Å². The number of amides is 4. The van der Waals surface area contributed by atoms with E-state index in [1.807, 2.05) is 6.07 Å². The van der Waals surface area contributed by atoms with Crippen molar-refractivity contribution in [2.45, 2.75) is 50.9 Å². The molecule has 55 heavy (non-hydrogen) atoms. The number of pyridine rings is 1. The van der Waals surface area contributed by atoms with Crippen LogP contribution in [0.5, 0.6) is 5.75 Å². The first-order valence-corrected chi connectivity index (χ1v) is 16.6. The number of methoxy groups -OCH3 is 1. The number of Topliss-reactive ketones (excluding diaryl/α,β-unsaturated/α-hetero) is 2. The maximum Gasteiger partial charge on any atom is 0.405 e. The van der Waals surface area contributed by atoms with Gasteiger partial charge in [0, 0.05) is 25.0 Å². The molecule has 4 N–H and O–H groups in total. The van der Waals surface area contributed by atoms with E-state index in [2.05, 4.69) is 20.9 Å². The van der Waals surface area contributed by atoms with Crippen LogP contribution in [0.3, 0.4) is 0 Å². The van der Waals surface area contributed by atoms with Gasteiger partial charge in [-0.3, -0.25) is 33.8 Å². The number of ketones is 2. The molecular weight excluding hydrogens is 735 g/mol. The maximum absolute atomic E-state index is 14.9. The van der Waals surface area contributed by atoms with Gasteiger partial charge < -0.3 is 26.0 Å². The van der Waals surface area contributed by atoms with Gasteiger partial charge >= 0.3 is 12.1 Å². The van der Waals surface area contributed by atoms with Crippen molar-refractivity contribution in [2.75, 3.05) is 20.2 Å². The summed E-state index contributed by atoms with van der Waals surface area (Å²) in [4.78, 5) is 82.3. The molecule has 0 bridgehead atoms. The highest BCUT2D eigenvalue weighted by Gasteiger charge is 2.52. The highest BCUT2D eigenvalue weighted by Crippen LogP contribution is 2.30. The zero-order valence-electron chi connectivity index (χ0n) is 29.7. The van der Waals surface area contributed by atoms with Crippen LogP contribution >= 0.6 is 0 Å². The van der Waals surface area contributed by atoms with Gasteiger partial charge in [-0.2, -0.15) is 27.2 Å². The van der Waals surface area contributed by atoms with Crippen LogP contribution in [-0.4, -0.2) is 78.5 Å². The molecule has 0 spiro atoms. The number of aromatic nitrogens is 1. The highest BCUT2D eigenvalue weighted by molar-refractivity contribution is 6.09. The van der Waals surface area contributed by atoms with Gasteiger partial charge in [0.05, 0.1) is 25.3 Å². The molecule has 0 aliphatic heterocycles. The second-order valence-corrected chi connectivity index (χ2v) is 12.5. The Bertz CT molecular complexity index is 1900. The fraction of sp³-hybridized carbons (Fsp3) is 0.351. The minimum absolute atomic E-state index is 0.0108. The van der Waals surface area contributed by atoms with Crippen LogP contribution in [0.15, 0.2) is 72.9 Å². The first kappa shape index (κ1) is 43.2. The highest BCUT2D eigenvalue weighted by atomic mass is 19.4. The number of nitrogens with zero attached hydrogens (tertiary/aromatic N) is 2. The third-order valence-corrected chi connectivity index (χ3v) is 8.12. The number of halogens is 5. The minimum atomic E-state index is -5.05. The Morgan fingerprint density at radius 1 is 0.891 bits per heavy atom. The molecule has 13 nitrogen and oxygen atoms in total. The standard InChI is InChI=1S/C37H37F5N6O7/c1-21(2)26(32(51)37(41,42)35(54)46-20-36(38,39)40)17-29(49)31(24-10-12-25(55-3)13-11-24)48-34(53)28(16-22-7-6-8-23(15-22)18-43)47-30(50)19-45-33(52)27-9-4-5-14-44-27/h4-15,21,26,28,31H,16-17,19-20H2,1-3H3,(H,45,52)(H,46,54)(H,47,50)(H,48,53)/t26-,28-,31-/m0/s1. The van der Waals surface area contributed by atoms with Gasteiger partial charge in [0.25, 0.3) is 11.8 Å². The Labute approximate surface area is 312 Å². The van der Waals surface area contributed by atoms with E-state index in [1.165, 1.54) is 75.7 Å². The van der Waals surface area contributed by atoms with Gasteiger partial charge in [-0.05, 0) is 53.4 Å². The molecule has 4 amide bonds. The molecule has 0 aliphatic carbocycles. The maximum atomic E-state index is 14.9. The monoisotopic (exact) mass is 772 g/mol. The summed E-state index contributed by atoms with van der Waals surface area (Å²) in [5.41, 5.74) is 0.727. The molecule has 0 radical (unpaired) electrons. The summed E-state index contributed by atoms with van der Waals surface area (Å²) in [6.07, 6.45) is -4.91. The lowest BCUT2D eigenvalue weighted by molar-refractivity contribution is -0.167. The van der Waals surface area contributed by atoms with Crippen LogP contribution in [0.25, 0.3) is 0 Å². The zero-order chi connectivity index (χ0) is 40.9. The number of ether oxygens (including phenoxy) is 1. The number of alkyl halides is 5. The molecule has 3 aromatic rings. The molecular formula is C37H37F5N6O7. The SMILES string of the molecule is COc1ccc([C@H](NC(=O)[C@H](Cc2cccc(C#N)c2)NC(=O)CNC(=O)c2ccccn2)C(=O)C[C@H](C(=O)C(F)(F)C(=O)NCC(F)(F)F)C(C)C)cc1. The first-order chi connectivity index (χ1) is 25.9. The molecule has 0 fully saturated rings. The molecule has 18 heteroatoms. The van der Waals surface area contributed by atoms with Gasteiger partial charge in [0.1, 0.15) is 30.1 Å². The summed E-state index contributed by atoms with van der Waals surface area (Å²) in [6.45, 7) is -0.163. The third-order valence-electron chi connectivity index (χ3n) is 8.12. The second kappa shape index (κ2) is 19.2. The number of hydrogen-bond donors (Lipinski definition) is 4. The second-order valence-electron chi connectivity index (χ2n) is 12.5. The molecule has 0 saturated heterocycles. The van der Waals surface area contributed by atoms with Crippen molar-refractivity contribution in [3.8, 4) is 11.8 Å². The topological polar surface area (TPSA) is 196 Å². The fourth-order valence-corrected chi connectivity index (χ4v) is 5.20. The summed E-state index contributed by atoms with van der Waals surface area (Å²) < 4.78 is 72.8. The Morgan fingerprint density at radius 3 is 2.16 bits per heavy atom. The van der Waals surface area contributed by atoms with Crippen LogP contribution in [0.2, 0.25) is 0 Å². The molecule has 1 heterocycles. The van der Waals surface area contributed by atoms with E-state index >= 15 is 0 Å². The summed E-state index contributed by atoms with van der Waals surface area (Å²) in [6, 6.07) is 15.0. The van der Waals surface area contributed by atoms with E-state index in [1.54, 1.807) is 18.2 Å². The molecule has 3 atom stereocenters. The predicted octanol–water partition coefficient (Wildman–Crippen LogP) is 3.39. The summed E-state index contributed by atoms with van der Waals surface area (Å²) in [5, 5.41) is 17.7. The Hall–Kier alpha value is -6.25. The number of nitrogens with one attached hydrogen (secondary N) is 4. The van der Waals surface area contributed by atoms with Crippen molar-refractivity contribution >= 4 is 35.2 Å². The predicted molar refractivity (Wildman–Crippen MR) is 184 cm³/mol. The lowest BCUT2D eigenvalue weighted by Gasteiger charge is -2.27. The number of nitriles is 1. The Kier molecular flexibility index (Phi) is 15.1. The van der Waals surface area contributed by atoms with Crippen LogP contribution in [0.4, 0.5) is 22.0 Å². The number of carbonyl (C=O) groups is 6. The molecule has 292 valence electrons. The van der Waals surface area contributed by atoms with E-state index in [0.29, 0.717) is 11.3 Å². The normalized spacial score (nSPS) is 13.0. The van der Waals surface area contributed by atoms with Crippen molar-refractivity contribution < 1.29 is 55.5 Å². The molecule has 2 aromatic carbocycles. The number of carbonyl (C=O) groups excluding carboxylic acids is 6. The lowest BCUT2D eigenvalue weighted by atomic mass is 9.82. The summed E-state index contributed by atoms with van der Waals surface area (Å²) in [5.74, 6) is -15.7. The average molecular weight is 773 g/mol. The number of hydrogen-bond acceptors (Lipinski definition) is 9. The molecule has 1 aromatic heterocycles. The Morgan fingerprint density at radius 2 is 1.58 bits per heavy atom. The quantitative estimate of drug-likeness (QED) is 0.111. The zero-order valence-corrected chi connectivity index (χ0v) is 29.7. The van der Waals surface area contributed by atoms with Gasteiger partial charge in [-0.15, -0.1) is 0 Å². The van der Waals surface area contributed by atoms with Crippen molar-refractivity contribution in [1.82, 2.24) is 26.3 Å². The largest absolute Gasteiger partial charge is 0.497 e. The smallest absolute Gasteiger partial charge is 0.405 e. The van der Waals surface area contributed by atoms with E-state index in [-0.39, 0.29) is 23.2 Å². The summed E-state index contributed by atoms with van der Waals surface area (Å²) >= 11 is 0. The van der Waals surface area contributed by atoms with E-state index in [4.69, 9.17) is 4.74 Å².